The first-order chi connectivity index (χ1) is 17.5. The number of anilines is 2. The highest BCUT2D eigenvalue weighted by Crippen LogP contribution is 2.44. The van der Waals surface area contributed by atoms with E-state index in [4.69, 9.17) is 10.2 Å². The molecule has 1 N–H and O–H groups in total. The lowest BCUT2D eigenvalue weighted by Crippen LogP contribution is -2.40. The molecule has 0 saturated heterocycles. The molecular weight excluding hydrogens is 452 g/mol. The molecular formula is C29H28N4O3. The van der Waals surface area contributed by atoms with Gasteiger partial charge in [0.15, 0.2) is 0 Å². The summed E-state index contributed by atoms with van der Waals surface area (Å²) < 4.78 is 0. The number of rotatable bonds is 7. The van der Waals surface area contributed by atoms with Crippen LogP contribution in [0.2, 0.25) is 0 Å². The molecule has 3 aromatic carbocycles. The van der Waals surface area contributed by atoms with Gasteiger partial charge < -0.3 is 5.11 Å². The van der Waals surface area contributed by atoms with Gasteiger partial charge in [-0.1, -0.05) is 62.4 Å². The Morgan fingerprint density at radius 2 is 1.19 bits per heavy atom. The van der Waals surface area contributed by atoms with Gasteiger partial charge in [0.1, 0.15) is 5.75 Å². The highest BCUT2D eigenvalue weighted by atomic mass is 16.3. The van der Waals surface area contributed by atoms with Crippen molar-refractivity contribution in [3.05, 3.63) is 90.5 Å². The zero-order valence-electron chi connectivity index (χ0n) is 20.3. The molecule has 2 aliphatic heterocycles. The third-order valence-electron chi connectivity index (χ3n) is 6.82. The molecule has 0 radical (unpaired) electrons. The molecule has 2 aliphatic rings. The van der Waals surface area contributed by atoms with Crippen LogP contribution in [0, 0.1) is 11.8 Å². The number of phenolic OH excluding ortho intramolecular Hbond substituents is 1. The van der Waals surface area contributed by atoms with E-state index in [0.29, 0.717) is 41.2 Å². The van der Waals surface area contributed by atoms with Crippen LogP contribution in [0.25, 0.3) is 0 Å². The van der Waals surface area contributed by atoms with Gasteiger partial charge in [0.05, 0.1) is 34.6 Å². The quantitative estimate of drug-likeness (QED) is 0.496. The summed E-state index contributed by atoms with van der Waals surface area (Å²) in [5.74, 6) is -2.20. The lowest BCUT2D eigenvalue weighted by atomic mass is 9.71. The van der Waals surface area contributed by atoms with Gasteiger partial charge in [0, 0.05) is 5.92 Å². The molecule has 2 heterocycles. The summed E-state index contributed by atoms with van der Waals surface area (Å²) in [6.07, 6.45) is 1.11. The first kappa shape index (κ1) is 23.5. The van der Waals surface area contributed by atoms with Crippen molar-refractivity contribution in [1.29, 1.82) is 0 Å². The fourth-order valence-corrected chi connectivity index (χ4v) is 5.15. The summed E-state index contributed by atoms with van der Waals surface area (Å²) in [6, 6.07) is 25.5. The van der Waals surface area contributed by atoms with Crippen LogP contribution in [0.3, 0.4) is 0 Å². The molecule has 3 aromatic rings. The van der Waals surface area contributed by atoms with Gasteiger partial charge >= 0.3 is 0 Å². The van der Waals surface area contributed by atoms with Gasteiger partial charge in [0.2, 0.25) is 0 Å². The number of nitrogens with zero attached hydrogens (tertiary/aromatic N) is 4. The number of hydrazone groups is 2. The van der Waals surface area contributed by atoms with Crippen molar-refractivity contribution in [2.24, 2.45) is 22.0 Å². The molecule has 2 amide bonds. The number of amides is 2. The Balaban J connectivity index is 1.62. The minimum atomic E-state index is -0.668. The maximum Gasteiger partial charge on any atom is 0.256 e. The number of hydrogen-bond acceptors (Lipinski definition) is 5. The minimum Gasteiger partial charge on any atom is -0.508 e. The predicted octanol–water partition coefficient (Wildman–Crippen LogP) is 5.33. The van der Waals surface area contributed by atoms with Crippen LogP contribution < -0.4 is 10.0 Å². The van der Waals surface area contributed by atoms with Gasteiger partial charge in [-0.15, -0.1) is 0 Å². The molecule has 5 rings (SSSR count). The predicted molar refractivity (Wildman–Crippen MR) is 141 cm³/mol. The van der Waals surface area contributed by atoms with Gasteiger partial charge in [0.25, 0.3) is 11.8 Å². The molecule has 0 bridgehead atoms. The maximum absolute atomic E-state index is 14.0. The molecule has 36 heavy (non-hydrogen) atoms. The highest BCUT2D eigenvalue weighted by Gasteiger charge is 2.51. The van der Waals surface area contributed by atoms with E-state index in [1.54, 1.807) is 18.2 Å². The van der Waals surface area contributed by atoms with Crippen LogP contribution in [0.1, 0.15) is 38.2 Å². The largest absolute Gasteiger partial charge is 0.508 e. The van der Waals surface area contributed by atoms with Gasteiger partial charge in [-0.2, -0.15) is 10.2 Å². The third kappa shape index (κ3) is 4.06. The zero-order chi connectivity index (χ0) is 25.2. The van der Waals surface area contributed by atoms with E-state index < -0.39 is 17.8 Å². The Morgan fingerprint density at radius 1 is 0.722 bits per heavy atom. The first-order valence-corrected chi connectivity index (χ1v) is 12.2. The van der Waals surface area contributed by atoms with Crippen molar-refractivity contribution in [2.45, 2.75) is 32.6 Å². The van der Waals surface area contributed by atoms with E-state index >= 15 is 0 Å². The molecule has 182 valence electrons. The number of hydrogen-bond donors (Lipinski definition) is 1. The molecule has 0 spiro atoms. The molecule has 0 aliphatic carbocycles. The first-order valence-electron chi connectivity index (χ1n) is 12.2. The Kier molecular flexibility index (Phi) is 6.38. The molecule has 0 aromatic heterocycles. The average Bonchev–Trinajstić information content (AvgIpc) is 3.42. The van der Waals surface area contributed by atoms with Gasteiger partial charge in [-0.3, -0.25) is 9.59 Å². The molecule has 7 nitrogen and oxygen atoms in total. The van der Waals surface area contributed by atoms with E-state index in [-0.39, 0.29) is 17.6 Å². The van der Waals surface area contributed by atoms with Crippen molar-refractivity contribution in [3.63, 3.8) is 0 Å². The Labute approximate surface area is 210 Å². The van der Waals surface area contributed by atoms with E-state index in [1.165, 1.54) is 10.0 Å². The Morgan fingerprint density at radius 3 is 1.61 bits per heavy atom. The summed E-state index contributed by atoms with van der Waals surface area (Å²) in [4.78, 5) is 27.9. The van der Waals surface area contributed by atoms with Crippen molar-refractivity contribution >= 4 is 34.6 Å². The average molecular weight is 481 g/mol. The fraction of sp³-hybridized carbons (Fsp3) is 0.241. The lowest BCUT2D eigenvalue weighted by molar-refractivity contribution is -0.122. The molecule has 0 fully saturated rings. The third-order valence-corrected chi connectivity index (χ3v) is 6.82. The van der Waals surface area contributed by atoms with Crippen LogP contribution in [0.4, 0.5) is 11.4 Å². The van der Waals surface area contributed by atoms with Crippen LogP contribution in [-0.2, 0) is 9.59 Å². The molecule has 0 saturated carbocycles. The summed E-state index contributed by atoms with van der Waals surface area (Å²) in [7, 11) is 0. The second-order valence-corrected chi connectivity index (χ2v) is 8.94. The standard InChI is InChI=1S/C29H28N4O3/c1-3-23-26(28(35)32(30-23)20-13-7-5-8-14-20)25(19-12-11-17-22(34)18-19)27-24(4-2)31-33(29(27)36)21-15-9-6-10-16-21/h5-18,25-27,34H,3-4H2,1-2H3. The monoisotopic (exact) mass is 480 g/mol. The van der Waals surface area contributed by atoms with Gasteiger partial charge in [-0.25, -0.2) is 10.0 Å². The number of carbonyl (C=O) groups is 2. The van der Waals surface area contributed by atoms with Crippen molar-refractivity contribution in [2.75, 3.05) is 10.0 Å². The number of carbonyl (C=O) groups excluding carboxylic acids is 2. The number of phenols is 1. The molecule has 2 atom stereocenters. The zero-order valence-corrected chi connectivity index (χ0v) is 20.3. The van der Waals surface area contributed by atoms with Crippen LogP contribution in [-0.4, -0.2) is 28.3 Å². The highest BCUT2D eigenvalue weighted by molar-refractivity contribution is 6.20. The Bertz CT molecular complexity index is 1260. The second kappa shape index (κ2) is 9.77. The van der Waals surface area contributed by atoms with E-state index in [0.717, 1.165) is 0 Å². The van der Waals surface area contributed by atoms with E-state index in [9.17, 15) is 14.7 Å². The number of benzene rings is 3. The van der Waals surface area contributed by atoms with Crippen molar-refractivity contribution in [1.82, 2.24) is 0 Å². The summed E-state index contributed by atoms with van der Waals surface area (Å²) in [5, 5.41) is 22.6. The fourth-order valence-electron chi connectivity index (χ4n) is 5.15. The Hall–Kier alpha value is -4.26. The van der Waals surface area contributed by atoms with Crippen LogP contribution in [0.15, 0.2) is 95.1 Å². The maximum atomic E-state index is 14.0. The van der Waals surface area contributed by atoms with Crippen LogP contribution >= 0.6 is 0 Å². The van der Waals surface area contributed by atoms with Crippen molar-refractivity contribution in [3.8, 4) is 5.75 Å². The number of para-hydroxylation sites is 2. The lowest BCUT2D eigenvalue weighted by Gasteiger charge is -2.29. The van der Waals surface area contributed by atoms with Gasteiger partial charge in [-0.05, 0) is 54.8 Å². The van der Waals surface area contributed by atoms with E-state index in [2.05, 4.69) is 0 Å². The molecule has 2 unspecified atom stereocenters. The second-order valence-electron chi connectivity index (χ2n) is 8.94. The summed E-state index contributed by atoms with van der Waals surface area (Å²) in [5.41, 5.74) is 3.48. The summed E-state index contributed by atoms with van der Waals surface area (Å²) >= 11 is 0. The molecule has 7 heteroatoms. The topological polar surface area (TPSA) is 85.6 Å². The SMILES string of the molecule is CCC1=NN(c2ccccc2)C(=O)C1C(c1cccc(O)c1)C1C(=O)N(c2ccccc2)N=C1CC. The smallest absolute Gasteiger partial charge is 0.256 e. The summed E-state index contributed by atoms with van der Waals surface area (Å²) in [6.45, 7) is 3.93. The normalized spacial score (nSPS) is 20.5. The van der Waals surface area contributed by atoms with Crippen molar-refractivity contribution < 1.29 is 14.7 Å². The van der Waals surface area contributed by atoms with E-state index in [1.807, 2.05) is 80.6 Å². The van der Waals surface area contributed by atoms with Crippen LogP contribution in [0.5, 0.6) is 5.75 Å². The minimum absolute atomic E-state index is 0.0817. The number of aromatic hydroxyl groups is 1.